The van der Waals surface area contributed by atoms with E-state index in [0.717, 1.165) is 6.42 Å². The molecule has 20 heavy (non-hydrogen) atoms. The van der Waals surface area contributed by atoms with Crippen molar-refractivity contribution in [2.75, 3.05) is 0 Å². The second kappa shape index (κ2) is 6.41. The molecule has 0 aliphatic heterocycles. The first-order chi connectivity index (χ1) is 9.25. The van der Waals surface area contributed by atoms with Crippen LogP contribution in [0.1, 0.15) is 44.5 Å². The first kappa shape index (κ1) is 16.0. The molecule has 0 saturated carbocycles. The maximum atomic E-state index is 12.0. The highest BCUT2D eigenvalue weighted by Gasteiger charge is 2.23. The zero-order valence-electron chi connectivity index (χ0n) is 12.3. The Morgan fingerprint density at radius 3 is 2.60 bits per heavy atom. The van der Waals surface area contributed by atoms with Gasteiger partial charge >= 0.3 is 5.97 Å². The summed E-state index contributed by atoms with van der Waals surface area (Å²) in [6, 6.07) is 6.08. The van der Waals surface area contributed by atoms with Crippen molar-refractivity contribution in [2.45, 2.75) is 45.8 Å². The molecule has 1 atom stereocenters. The topological polar surface area (TPSA) is 75.6 Å². The van der Waals surface area contributed by atoms with Gasteiger partial charge in [0.1, 0.15) is 5.75 Å². The number of rotatable bonds is 6. The third-order valence-corrected chi connectivity index (χ3v) is 3.11. The van der Waals surface area contributed by atoms with Gasteiger partial charge in [0, 0.05) is 5.54 Å². The van der Waals surface area contributed by atoms with Gasteiger partial charge in [-0.15, -0.1) is 0 Å². The molecule has 0 aliphatic carbocycles. The Morgan fingerprint density at radius 1 is 1.40 bits per heavy atom. The number of nitrogens with one attached hydrogen (secondary N) is 1. The van der Waals surface area contributed by atoms with Crippen LogP contribution in [-0.2, 0) is 4.79 Å². The number of ether oxygens (including phenoxy) is 1. The van der Waals surface area contributed by atoms with Crippen LogP contribution in [0, 0.1) is 0 Å². The van der Waals surface area contributed by atoms with E-state index in [1.807, 2.05) is 20.8 Å². The van der Waals surface area contributed by atoms with Gasteiger partial charge in [-0.05, 0) is 45.4 Å². The van der Waals surface area contributed by atoms with Crippen LogP contribution < -0.4 is 10.1 Å². The number of aromatic carboxylic acids is 1. The molecule has 0 aliphatic rings. The van der Waals surface area contributed by atoms with Gasteiger partial charge in [-0.1, -0.05) is 13.0 Å². The summed E-state index contributed by atoms with van der Waals surface area (Å²) in [5, 5.41) is 11.8. The lowest BCUT2D eigenvalue weighted by atomic mass is 10.0. The summed E-state index contributed by atoms with van der Waals surface area (Å²) >= 11 is 0. The fourth-order valence-electron chi connectivity index (χ4n) is 1.48. The maximum Gasteiger partial charge on any atom is 0.335 e. The number of hydrogen-bond acceptors (Lipinski definition) is 3. The van der Waals surface area contributed by atoms with Gasteiger partial charge in [0.15, 0.2) is 6.10 Å². The Hall–Kier alpha value is -2.04. The average molecular weight is 279 g/mol. The summed E-state index contributed by atoms with van der Waals surface area (Å²) in [7, 11) is 0. The Balaban J connectivity index is 2.71. The Kier molecular flexibility index (Phi) is 5.13. The van der Waals surface area contributed by atoms with Crippen LogP contribution in [0.3, 0.4) is 0 Å². The summed E-state index contributed by atoms with van der Waals surface area (Å²) in [6.45, 7) is 7.49. The molecular weight excluding hydrogens is 258 g/mol. The van der Waals surface area contributed by atoms with Crippen molar-refractivity contribution in [3.8, 4) is 5.75 Å². The molecular formula is C15H21NO4. The number of carbonyl (C=O) groups excluding carboxylic acids is 1. The maximum absolute atomic E-state index is 12.0. The Morgan fingerprint density at radius 2 is 2.05 bits per heavy atom. The van der Waals surface area contributed by atoms with E-state index in [-0.39, 0.29) is 17.0 Å². The monoisotopic (exact) mass is 279 g/mol. The summed E-state index contributed by atoms with van der Waals surface area (Å²) in [5.74, 6) is -0.890. The predicted octanol–water partition coefficient (Wildman–Crippen LogP) is 2.46. The second-order valence-electron chi connectivity index (χ2n) is 5.32. The van der Waals surface area contributed by atoms with Crippen LogP contribution in [0.2, 0.25) is 0 Å². The molecule has 0 aromatic heterocycles. The van der Waals surface area contributed by atoms with Gasteiger partial charge in [0.25, 0.3) is 5.91 Å². The van der Waals surface area contributed by atoms with Crippen LogP contribution >= 0.6 is 0 Å². The molecule has 5 heteroatoms. The number of carboxylic acids is 1. The Bertz CT molecular complexity index is 496. The third-order valence-electron chi connectivity index (χ3n) is 3.11. The highest BCUT2D eigenvalue weighted by Crippen LogP contribution is 2.16. The number of carboxylic acid groups (broad SMARTS) is 1. The van der Waals surface area contributed by atoms with Crippen molar-refractivity contribution < 1.29 is 19.4 Å². The second-order valence-corrected chi connectivity index (χ2v) is 5.32. The van der Waals surface area contributed by atoms with Crippen molar-refractivity contribution in [1.29, 1.82) is 0 Å². The highest BCUT2D eigenvalue weighted by atomic mass is 16.5. The van der Waals surface area contributed by atoms with Gasteiger partial charge in [-0.3, -0.25) is 4.79 Å². The minimum absolute atomic E-state index is 0.129. The van der Waals surface area contributed by atoms with E-state index in [1.165, 1.54) is 12.1 Å². The molecule has 0 heterocycles. The van der Waals surface area contributed by atoms with Gasteiger partial charge in [0.05, 0.1) is 5.56 Å². The number of carbonyl (C=O) groups is 2. The van der Waals surface area contributed by atoms with E-state index >= 15 is 0 Å². The number of amides is 1. The molecule has 0 radical (unpaired) electrons. The minimum Gasteiger partial charge on any atom is -0.481 e. The predicted molar refractivity (Wildman–Crippen MR) is 76.0 cm³/mol. The lowest BCUT2D eigenvalue weighted by Gasteiger charge is -2.26. The first-order valence-corrected chi connectivity index (χ1v) is 6.57. The van der Waals surface area contributed by atoms with Crippen molar-refractivity contribution in [3.05, 3.63) is 29.8 Å². The molecule has 1 rings (SSSR count). The molecule has 0 fully saturated rings. The molecule has 0 spiro atoms. The zero-order chi connectivity index (χ0) is 15.3. The molecule has 2 N–H and O–H groups in total. The van der Waals surface area contributed by atoms with Gasteiger partial charge in [0.2, 0.25) is 0 Å². The summed E-state index contributed by atoms with van der Waals surface area (Å²) in [5.41, 5.74) is -0.165. The standard InChI is InChI=1S/C15H21NO4/c1-5-15(3,4)16-13(17)10(2)20-12-8-6-7-11(9-12)14(18)19/h6-10H,5H2,1-4H3,(H,16,17)(H,18,19). The van der Waals surface area contributed by atoms with Crippen LogP contribution in [0.15, 0.2) is 24.3 Å². The SMILES string of the molecule is CCC(C)(C)NC(=O)C(C)Oc1cccc(C(=O)O)c1. The third kappa shape index (κ3) is 4.57. The number of hydrogen-bond donors (Lipinski definition) is 2. The molecule has 1 unspecified atom stereocenters. The number of benzene rings is 1. The van der Waals surface area contributed by atoms with Crippen LogP contribution in [0.25, 0.3) is 0 Å². The fourth-order valence-corrected chi connectivity index (χ4v) is 1.48. The van der Waals surface area contributed by atoms with Crippen LogP contribution in [-0.4, -0.2) is 28.6 Å². The van der Waals surface area contributed by atoms with Gasteiger partial charge < -0.3 is 15.2 Å². The van der Waals surface area contributed by atoms with E-state index in [4.69, 9.17) is 9.84 Å². The Labute approximate surface area is 118 Å². The van der Waals surface area contributed by atoms with E-state index in [2.05, 4.69) is 5.32 Å². The van der Waals surface area contributed by atoms with Gasteiger partial charge in [-0.25, -0.2) is 4.79 Å². The normalized spacial score (nSPS) is 12.6. The van der Waals surface area contributed by atoms with Gasteiger partial charge in [-0.2, -0.15) is 0 Å². The van der Waals surface area contributed by atoms with E-state index in [9.17, 15) is 9.59 Å². The lowest BCUT2D eigenvalue weighted by Crippen LogP contribution is -2.48. The summed E-state index contributed by atoms with van der Waals surface area (Å²) < 4.78 is 5.48. The fraction of sp³-hybridized carbons (Fsp3) is 0.467. The van der Waals surface area contributed by atoms with Crippen molar-refractivity contribution in [2.24, 2.45) is 0 Å². The van der Waals surface area contributed by atoms with Crippen LogP contribution in [0.4, 0.5) is 0 Å². The highest BCUT2D eigenvalue weighted by molar-refractivity contribution is 5.88. The zero-order valence-corrected chi connectivity index (χ0v) is 12.3. The lowest BCUT2D eigenvalue weighted by molar-refractivity contribution is -0.128. The minimum atomic E-state index is -1.03. The van der Waals surface area contributed by atoms with Crippen molar-refractivity contribution in [1.82, 2.24) is 5.32 Å². The van der Waals surface area contributed by atoms with E-state index in [0.29, 0.717) is 5.75 Å². The average Bonchev–Trinajstić information content (AvgIpc) is 2.38. The molecule has 1 aromatic carbocycles. The summed E-state index contributed by atoms with van der Waals surface area (Å²) in [6.07, 6.45) is 0.116. The molecule has 1 aromatic rings. The first-order valence-electron chi connectivity index (χ1n) is 6.57. The molecule has 1 amide bonds. The molecule has 5 nitrogen and oxygen atoms in total. The van der Waals surface area contributed by atoms with E-state index in [1.54, 1.807) is 19.1 Å². The van der Waals surface area contributed by atoms with Crippen molar-refractivity contribution in [3.63, 3.8) is 0 Å². The van der Waals surface area contributed by atoms with Crippen LogP contribution in [0.5, 0.6) is 5.75 Å². The molecule has 0 bridgehead atoms. The molecule has 0 saturated heterocycles. The van der Waals surface area contributed by atoms with E-state index < -0.39 is 12.1 Å². The largest absolute Gasteiger partial charge is 0.481 e. The summed E-state index contributed by atoms with van der Waals surface area (Å²) in [4.78, 5) is 22.9. The van der Waals surface area contributed by atoms with Crippen molar-refractivity contribution >= 4 is 11.9 Å². The smallest absolute Gasteiger partial charge is 0.335 e. The molecule has 110 valence electrons. The quantitative estimate of drug-likeness (QED) is 0.838.